The summed E-state index contributed by atoms with van der Waals surface area (Å²) in [5.41, 5.74) is 5.57. The molecule has 0 unspecified atom stereocenters. The van der Waals surface area contributed by atoms with Gasteiger partial charge < -0.3 is 15.2 Å². The van der Waals surface area contributed by atoms with E-state index in [4.69, 9.17) is 26.8 Å². The van der Waals surface area contributed by atoms with Crippen LogP contribution >= 0.6 is 11.6 Å². The number of nitrogens with two attached hydrogens (primary N) is 1. The van der Waals surface area contributed by atoms with Crippen molar-refractivity contribution < 1.29 is 9.47 Å². The maximum Gasteiger partial charge on any atom is 0.323 e. The van der Waals surface area contributed by atoms with E-state index >= 15 is 0 Å². The zero-order valence-corrected chi connectivity index (χ0v) is 12.2. The average molecular weight is 314 g/mol. The van der Waals surface area contributed by atoms with Crippen LogP contribution in [0.25, 0.3) is 0 Å². The number of nitrogen functional groups attached to an aromatic ring is 1. The molecule has 110 valence electrons. The van der Waals surface area contributed by atoms with Crippen LogP contribution in [0.3, 0.4) is 0 Å². The van der Waals surface area contributed by atoms with E-state index in [0.717, 1.165) is 0 Å². The van der Waals surface area contributed by atoms with Gasteiger partial charge >= 0.3 is 6.01 Å². The highest BCUT2D eigenvalue weighted by Gasteiger charge is 2.02. The third-order valence-electron chi connectivity index (χ3n) is 2.74. The summed E-state index contributed by atoms with van der Waals surface area (Å²) in [6.07, 6.45) is 1.54. The molecule has 1 aromatic heterocycles. The van der Waals surface area contributed by atoms with E-state index in [9.17, 15) is 0 Å². The Hall–Kier alpha value is -2.79. The fraction of sp³-hybridized carbons (Fsp3) is 0. The van der Waals surface area contributed by atoms with Crippen LogP contribution in [0.5, 0.6) is 23.3 Å². The first-order chi connectivity index (χ1) is 10.7. The number of nitrogens with zero attached hydrogens (tertiary/aromatic N) is 2. The maximum absolute atomic E-state index is 5.83. The van der Waals surface area contributed by atoms with Crippen LogP contribution in [-0.4, -0.2) is 9.97 Å². The number of anilines is 1. The lowest BCUT2D eigenvalue weighted by molar-refractivity contribution is 0.439. The number of hydrogen-bond donors (Lipinski definition) is 1. The molecule has 0 amide bonds. The first-order valence-corrected chi connectivity index (χ1v) is 6.87. The Kier molecular flexibility index (Phi) is 4.07. The van der Waals surface area contributed by atoms with Crippen molar-refractivity contribution in [2.75, 3.05) is 5.73 Å². The normalized spacial score (nSPS) is 10.2. The molecule has 3 rings (SSSR count). The fourth-order valence-corrected chi connectivity index (χ4v) is 1.85. The summed E-state index contributed by atoms with van der Waals surface area (Å²) in [5.74, 6) is 2.34. The topological polar surface area (TPSA) is 70.3 Å². The Balaban J connectivity index is 1.68. The standard InChI is InChI=1S/C16H12ClN3O2/c17-11-1-3-12(4-2-11)21-13-5-7-14(8-6-13)22-16-19-10-9-15(18)20-16/h1-10H,(H2,18,19,20). The first-order valence-electron chi connectivity index (χ1n) is 6.49. The highest BCUT2D eigenvalue weighted by Crippen LogP contribution is 2.26. The molecule has 1 heterocycles. The Bertz CT molecular complexity index is 761. The highest BCUT2D eigenvalue weighted by molar-refractivity contribution is 6.30. The second-order valence-corrected chi connectivity index (χ2v) is 4.83. The van der Waals surface area contributed by atoms with Crippen molar-refractivity contribution in [3.63, 3.8) is 0 Å². The van der Waals surface area contributed by atoms with Gasteiger partial charge in [0.05, 0.1) is 0 Å². The van der Waals surface area contributed by atoms with Crippen molar-refractivity contribution in [2.24, 2.45) is 0 Å². The number of hydrogen-bond acceptors (Lipinski definition) is 5. The van der Waals surface area contributed by atoms with Crippen molar-refractivity contribution in [1.82, 2.24) is 9.97 Å². The van der Waals surface area contributed by atoms with Crippen LogP contribution in [0.2, 0.25) is 5.02 Å². The molecule has 0 saturated carbocycles. The monoisotopic (exact) mass is 313 g/mol. The molecular weight excluding hydrogens is 302 g/mol. The Morgan fingerprint density at radius 1 is 0.773 bits per heavy atom. The summed E-state index contributed by atoms with van der Waals surface area (Å²) < 4.78 is 11.2. The highest BCUT2D eigenvalue weighted by atomic mass is 35.5. The van der Waals surface area contributed by atoms with Gasteiger partial charge in [0.1, 0.15) is 23.1 Å². The Morgan fingerprint density at radius 3 is 1.91 bits per heavy atom. The van der Waals surface area contributed by atoms with Gasteiger partial charge in [0, 0.05) is 11.2 Å². The molecule has 0 radical (unpaired) electrons. The molecule has 3 aromatic rings. The minimum Gasteiger partial charge on any atom is -0.457 e. The molecular formula is C16H12ClN3O2. The molecule has 0 spiro atoms. The molecule has 5 nitrogen and oxygen atoms in total. The lowest BCUT2D eigenvalue weighted by Gasteiger charge is -2.07. The van der Waals surface area contributed by atoms with Crippen LogP contribution in [0.1, 0.15) is 0 Å². The molecule has 0 aliphatic carbocycles. The summed E-state index contributed by atoms with van der Waals surface area (Å²) in [6, 6.07) is 16.0. The van der Waals surface area contributed by atoms with E-state index in [2.05, 4.69) is 9.97 Å². The van der Waals surface area contributed by atoms with E-state index in [-0.39, 0.29) is 6.01 Å². The van der Waals surface area contributed by atoms with E-state index in [1.165, 1.54) is 6.20 Å². The largest absolute Gasteiger partial charge is 0.457 e. The second kappa shape index (κ2) is 6.32. The first kappa shape index (κ1) is 14.2. The molecule has 0 aliphatic heterocycles. The number of halogens is 1. The zero-order valence-electron chi connectivity index (χ0n) is 11.4. The molecule has 0 saturated heterocycles. The lowest BCUT2D eigenvalue weighted by atomic mass is 10.3. The van der Waals surface area contributed by atoms with Crippen molar-refractivity contribution >= 4 is 17.4 Å². The predicted molar refractivity (Wildman–Crippen MR) is 84.5 cm³/mol. The number of aromatic nitrogens is 2. The summed E-state index contributed by atoms with van der Waals surface area (Å²) >= 11 is 5.83. The van der Waals surface area contributed by atoms with Crippen molar-refractivity contribution in [3.05, 3.63) is 65.8 Å². The van der Waals surface area contributed by atoms with Crippen LogP contribution in [0.4, 0.5) is 5.82 Å². The Morgan fingerprint density at radius 2 is 1.32 bits per heavy atom. The quantitative estimate of drug-likeness (QED) is 0.777. The minimum atomic E-state index is 0.200. The Labute approximate surface area is 132 Å². The van der Waals surface area contributed by atoms with Crippen LogP contribution in [0, 0.1) is 0 Å². The smallest absolute Gasteiger partial charge is 0.323 e. The predicted octanol–water partition coefficient (Wildman–Crippen LogP) is 4.30. The van der Waals surface area contributed by atoms with E-state index in [1.807, 2.05) is 0 Å². The van der Waals surface area contributed by atoms with Crippen LogP contribution in [0.15, 0.2) is 60.8 Å². The van der Waals surface area contributed by atoms with Gasteiger partial charge in [-0.1, -0.05) is 11.6 Å². The number of ether oxygens (including phenoxy) is 2. The maximum atomic E-state index is 5.83. The molecule has 0 aliphatic rings. The van der Waals surface area contributed by atoms with Gasteiger partial charge in [0.2, 0.25) is 0 Å². The van der Waals surface area contributed by atoms with Crippen molar-refractivity contribution in [1.29, 1.82) is 0 Å². The summed E-state index contributed by atoms with van der Waals surface area (Å²) in [4.78, 5) is 7.94. The van der Waals surface area contributed by atoms with Gasteiger partial charge in [-0.05, 0) is 54.6 Å². The van der Waals surface area contributed by atoms with Gasteiger partial charge in [-0.2, -0.15) is 4.98 Å². The summed E-state index contributed by atoms with van der Waals surface area (Å²) in [7, 11) is 0. The van der Waals surface area contributed by atoms with Crippen LogP contribution < -0.4 is 15.2 Å². The number of rotatable bonds is 4. The average Bonchev–Trinajstić information content (AvgIpc) is 2.52. The van der Waals surface area contributed by atoms with Gasteiger partial charge in [0.25, 0.3) is 0 Å². The lowest BCUT2D eigenvalue weighted by Crippen LogP contribution is -1.95. The molecule has 2 N–H and O–H groups in total. The van der Waals surface area contributed by atoms with E-state index in [0.29, 0.717) is 28.1 Å². The molecule has 0 fully saturated rings. The molecule has 0 atom stereocenters. The van der Waals surface area contributed by atoms with E-state index in [1.54, 1.807) is 54.6 Å². The second-order valence-electron chi connectivity index (χ2n) is 4.39. The molecule has 6 heteroatoms. The van der Waals surface area contributed by atoms with Crippen LogP contribution in [-0.2, 0) is 0 Å². The summed E-state index contributed by atoms with van der Waals surface area (Å²) in [5, 5.41) is 0.665. The molecule has 2 aromatic carbocycles. The van der Waals surface area contributed by atoms with Gasteiger partial charge in [-0.15, -0.1) is 0 Å². The zero-order chi connectivity index (χ0) is 15.4. The number of benzene rings is 2. The molecule has 0 bridgehead atoms. The third-order valence-corrected chi connectivity index (χ3v) is 2.99. The fourth-order valence-electron chi connectivity index (χ4n) is 1.72. The van der Waals surface area contributed by atoms with Gasteiger partial charge in [-0.3, -0.25) is 0 Å². The SMILES string of the molecule is Nc1ccnc(Oc2ccc(Oc3ccc(Cl)cc3)cc2)n1. The van der Waals surface area contributed by atoms with E-state index < -0.39 is 0 Å². The van der Waals surface area contributed by atoms with Gasteiger partial charge in [-0.25, -0.2) is 4.98 Å². The van der Waals surface area contributed by atoms with Gasteiger partial charge in [0.15, 0.2) is 0 Å². The van der Waals surface area contributed by atoms with Crippen molar-refractivity contribution in [3.8, 4) is 23.3 Å². The molecule has 22 heavy (non-hydrogen) atoms. The minimum absolute atomic E-state index is 0.200. The third kappa shape index (κ3) is 3.65. The van der Waals surface area contributed by atoms with Crippen molar-refractivity contribution in [2.45, 2.75) is 0 Å². The summed E-state index contributed by atoms with van der Waals surface area (Å²) in [6.45, 7) is 0.